The molecule has 2 aliphatic heterocycles. The molecule has 2 unspecified atom stereocenters. The maximum atomic E-state index is 3.61. The second-order valence-electron chi connectivity index (χ2n) is 13.0. The SMILES string of the molecule is CCC[Si]1(C2c3[c-]cccc3-c3ccccc32)CCC1.CCC[Si]1(C2c3[c-]cccc3-c3ccccc32)CCC1.[Cl-].[Cl-].[Ti+4]. The number of hydrogen-bond acceptors (Lipinski definition) is 0. The Kier molecular flexibility index (Phi) is 11.5. The van der Waals surface area contributed by atoms with Crippen LogP contribution in [-0.4, -0.2) is 16.1 Å². The molecule has 8 rings (SSSR count). The molecule has 0 radical (unpaired) electrons. The van der Waals surface area contributed by atoms with Crippen molar-refractivity contribution in [3.63, 3.8) is 0 Å². The van der Waals surface area contributed by atoms with Gasteiger partial charge in [0.2, 0.25) is 0 Å². The van der Waals surface area contributed by atoms with E-state index in [2.05, 4.69) is 111 Å². The number of halogens is 2. The van der Waals surface area contributed by atoms with Crippen LogP contribution < -0.4 is 24.8 Å². The summed E-state index contributed by atoms with van der Waals surface area (Å²) in [5.41, 5.74) is 13.6. The third-order valence-electron chi connectivity index (χ3n) is 10.9. The van der Waals surface area contributed by atoms with Gasteiger partial charge in [0.25, 0.3) is 0 Å². The van der Waals surface area contributed by atoms with E-state index in [9.17, 15) is 0 Å². The van der Waals surface area contributed by atoms with Crippen LogP contribution in [0.3, 0.4) is 0 Å². The first-order valence-electron chi connectivity index (χ1n) is 15.9. The summed E-state index contributed by atoms with van der Waals surface area (Å²) in [5.74, 6) is 0. The number of fused-ring (bicyclic) bond motifs is 6. The summed E-state index contributed by atoms with van der Waals surface area (Å²) >= 11 is 0. The van der Waals surface area contributed by atoms with Crippen molar-refractivity contribution in [3.8, 4) is 22.3 Å². The molecule has 0 nitrogen and oxygen atoms in total. The average Bonchev–Trinajstić information content (AvgIpc) is 3.47. The van der Waals surface area contributed by atoms with Crippen LogP contribution in [0.15, 0.2) is 84.9 Å². The van der Waals surface area contributed by atoms with Crippen LogP contribution in [0.2, 0.25) is 36.3 Å². The molecule has 2 atom stereocenters. The van der Waals surface area contributed by atoms with Gasteiger partial charge in [-0.15, -0.1) is 22.3 Å². The second-order valence-corrected chi connectivity index (χ2v) is 22.6. The maximum Gasteiger partial charge on any atom is 4.00 e. The van der Waals surface area contributed by atoms with Crippen LogP contribution in [0, 0.1) is 12.1 Å². The summed E-state index contributed by atoms with van der Waals surface area (Å²) in [4.78, 5) is 0. The zero-order valence-electron chi connectivity index (χ0n) is 25.6. The van der Waals surface area contributed by atoms with Crippen molar-refractivity contribution in [3.05, 3.63) is 119 Å². The van der Waals surface area contributed by atoms with Gasteiger partial charge in [-0.3, -0.25) is 0 Å². The van der Waals surface area contributed by atoms with E-state index < -0.39 is 16.1 Å². The molecular formula is C38H42Cl2Si2Ti. The molecule has 4 aromatic rings. The van der Waals surface area contributed by atoms with E-state index in [0.29, 0.717) is 0 Å². The summed E-state index contributed by atoms with van der Waals surface area (Å²) < 4.78 is 0. The summed E-state index contributed by atoms with van der Waals surface area (Å²) in [6.07, 6.45) is 5.64. The van der Waals surface area contributed by atoms with Gasteiger partial charge in [0.05, 0.1) is 16.1 Å². The molecule has 0 saturated carbocycles. The van der Waals surface area contributed by atoms with Gasteiger partial charge in [-0.1, -0.05) is 135 Å². The Balaban J connectivity index is 0.000000184. The predicted molar refractivity (Wildman–Crippen MR) is 175 cm³/mol. The van der Waals surface area contributed by atoms with Crippen LogP contribution >= 0.6 is 0 Å². The van der Waals surface area contributed by atoms with Crippen LogP contribution in [-0.2, 0) is 21.7 Å². The molecule has 2 heterocycles. The number of benzene rings is 4. The molecule has 2 saturated heterocycles. The predicted octanol–water partition coefficient (Wildman–Crippen LogP) is 4.81. The molecule has 2 fully saturated rings. The van der Waals surface area contributed by atoms with Gasteiger partial charge in [0.1, 0.15) is 0 Å². The number of hydrogen-bond donors (Lipinski definition) is 0. The molecule has 4 aromatic carbocycles. The largest absolute Gasteiger partial charge is 4.00 e. The minimum Gasteiger partial charge on any atom is -1.00 e. The molecule has 0 aromatic heterocycles. The van der Waals surface area contributed by atoms with E-state index in [1.807, 2.05) is 0 Å². The monoisotopic (exact) mass is 672 g/mol. The Bertz CT molecular complexity index is 1320. The van der Waals surface area contributed by atoms with Crippen molar-refractivity contribution >= 4 is 16.1 Å². The smallest absolute Gasteiger partial charge is 1.00 e. The van der Waals surface area contributed by atoms with Gasteiger partial charge in [0, 0.05) is 0 Å². The van der Waals surface area contributed by atoms with E-state index in [-0.39, 0.29) is 46.5 Å². The van der Waals surface area contributed by atoms with Crippen LogP contribution in [0.25, 0.3) is 22.3 Å². The van der Waals surface area contributed by atoms with Crippen LogP contribution in [0.1, 0.15) is 72.9 Å². The zero-order valence-corrected chi connectivity index (χ0v) is 30.6. The minimum absolute atomic E-state index is 0. The van der Waals surface area contributed by atoms with Crippen LogP contribution in [0.5, 0.6) is 0 Å². The molecule has 0 N–H and O–H groups in total. The molecule has 5 heteroatoms. The van der Waals surface area contributed by atoms with Crippen molar-refractivity contribution in [2.24, 2.45) is 0 Å². The molecule has 4 aliphatic rings. The van der Waals surface area contributed by atoms with Crippen molar-refractivity contribution in [1.29, 1.82) is 0 Å². The van der Waals surface area contributed by atoms with Gasteiger partial charge >= 0.3 is 21.7 Å². The van der Waals surface area contributed by atoms with E-state index in [1.165, 1.54) is 95.3 Å². The zero-order chi connectivity index (χ0) is 27.2. The van der Waals surface area contributed by atoms with E-state index in [0.717, 1.165) is 11.1 Å². The standard InChI is InChI=1S/2C19H21Si.2ClH.Ti/c2*1-2-12-20(13-7-14-20)19-17-10-5-3-8-15(17)16-9-4-6-11-18(16)19;;;/h2*3-6,8-10,19H,2,7,12-14H2,1H3;2*1H;/q2*-1;;;+4/p-2. The Labute approximate surface area is 289 Å². The van der Waals surface area contributed by atoms with Crippen molar-refractivity contribution in [2.75, 3.05) is 0 Å². The first-order valence-corrected chi connectivity index (χ1v) is 21.3. The summed E-state index contributed by atoms with van der Waals surface area (Å²) in [6, 6.07) is 47.7. The maximum absolute atomic E-state index is 3.61. The summed E-state index contributed by atoms with van der Waals surface area (Å²) in [5, 5.41) is 0. The Morgan fingerprint density at radius 1 is 0.558 bits per heavy atom. The van der Waals surface area contributed by atoms with E-state index >= 15 is 0 Å². The molecule has 43 heavy (non-hydrogen) atoms. The molecule has 2 aliphatic carbocycles. The van der Waals surface area contributed by atoms with E-state index in [4.69, 9.17) is 0 Å². The summed E-state index contributed by atoms with van der Waals surface area (Å²) in [7, 11) is -2.29. The van der Waals surface area contributed by atoms with Gasteiger partial charge in [0.15, 0.2) is 0 Å². The molecule has 0 spiro atoms. The second kappa shape index (κ2) is 14.4. The third kappa shape index (κ3) is 5.75. The van der Waals surface area contributed by atoms with Gasteiger partial charge in [-0.05, 0) is 22.2 Å². The average molecular weight is 674 g/mol. The Morgan fingerprint density at radius 3 is 1.28 bits per heavy atom. The van der Waals surface area contributed by atoms with Gasteiger partial charge < -0.3 is 24.8 Å². The third-order valence-corrected chi connectivity index (χ3v) is 22.9. The summed E-state index contributed by atoms with van der Waals surface area (Å²) in [6.45, 7) is 4.73. The van der Waals surface area contributed by atoms with Gasteiger partial charge in [-0.2, -0.15) is 48.5 Å². The van der Waals surface area contributed by atoms with E-state index in [1.54, 1.807) is 11.1 Å². The topological polar surface area (TPSA) is 0 Å². The Hall–Kier alpha value is -1.39. The quantitative estimate of drug-likeness (QED) is 0.204. The Morgan fingerprint density at radius 2 is 0.930 bits per heavy atom. The first kappa shape index (κ1) is 34.5. The molecular weight excluding hydrogens is 631 g/mol. The molecule has 0 amide bonds. The minimum atomic E-state index is -1.14. The van der Waals surface area contributed by atoms with Crippen molar-refractivity contribution in [2.45, 2.75) is 86.9 Å². The van der Waals surface area contributed by atoms with Crippen molar-refractivity contribution in [1.82, 2.24) is 0 Å². The molecule has 220 valence electrons. The molecule has 0 bridgehead atoms. The number of rotatable bonds is 6. The normalized spacial score (nSPS) is 20.4. The fourth-order valence-electron chi connectivity index (χ4n) is 9.04. The first-order chi connectivity index (χ1) is 19.7. The van der Waals surface area contributed by atoms with Crippen molar-refractivity contribution < 1.29 is 46.5 Å². The fraction of sp³-hybridized carbons (Fsp3) is 0.368. The fourth-order valence-corrected chi connectivity index (χ4v) is 19.8. The van der Waals surface area contributed by atoms with Gasteiger partial charge in [-0.25, -0.2) is 0 Å². The van der Waals surface area contributed by atoms with Crippen LogP contribution in [0.4, 0.5) is 0 Å².